The number of aldehydes is 1. The van der Waals surface area contributed by atoms with Crippen molar-refractivity contribution in [2.75, 3.05) is 7.11 Å². The van der Waals surface area contributed by atoms with Crippen molar-refractivity contribution in [2.24, 2.45) is 5.92 Å². The summed E-state index contributed by atoms with van der Waals surface area (Å²) in [5, 5.41) is 0. The second-order valence-corrected chi connectivity index (χ2v) is 5.37. The van der Waals surface area contributed by atoms with Crippen LogP contribution < -0.4 is 4.74 Å². The molecule has 0 saturated carbocycles. The van der Waals surface area contributed by atoms with Gasteiger partial charge in [0.2, 0.25) is 0 Å². The number of ether oxygens (including phenoxy) is 2. The summed E-state index contributed by atoms with van der Waals surface area (Å²) >= 11 is 0. The fourth-order valence-corrected chi connectivity index (χ4v) is 2.08. The van der Waals surface area contributed by atoms with Crippen LogP contribution in [0, 0.1) is 5.92 Å². The molecule has 0 aliphatic carbocycles. The maximum absolute atomic E-state index is 11.5. The smallest absolute Gasteiger partial charge is 0.309 e. The molecule has 1 aromatic rings. The SMILES string of the molecule is CC[C@H](C=O)[C@@H](CC(=O)OC)Oc1ccc(C(C)C)cc1. The van der Waals surface area contributed by atoms with Gasteiger partial charge in [-0.2, -0.15) is 0 Å². The highest BCUT2D eigenvalue weighted by atomic mass is 16.5. The molecule has 0 radical (unpaired) electrons. The molecule has 1 rings (SSSR count). The van der Waals surface area contributed by atoms with E-state index in [1.807, 2.05) is 31.2 Å². The summed E-state index contributed by atoms with van der Waals surface area (Å²) < 4.78 is 10.5. The minimum Gasteiger partial charge on any atom is -0.489 e. The van der Waals surface area contributed by atoms with E-state index in [4.69, 9.17) is 4.74 Å². The van der Waals surface area contributed by atoms with Crippen molar-refractivity contribution in [3.8, 4) is 5.75 Å². The molecule has 2 atom stereocenters. The van der Waals surface area contributed by atoms with Crippen LogP contribution in [0.1, 0.15) is 45.1 Å². The van der Waals surface area contributed by atoms with Crippen molar-refractivity contribution in [1.29, 1.82) is 0 Å². The molecule has 116 valence electrons. The molecule has 4 heteroatoms. The number of rotatable bonds is 8. The zero-order chi connectivity index (χ0) is 15.8. The van der Waals surface area contributed by atoms with E-state index in [0.717, 1.165) is 6.29 Å². The van der Waals surface area contributed by atoms with Gasteiger partial charge in [-0.05, 0) is 30.0 Å². The van der Waals surface area contributed by atoms with E-state index in [0.29, 0.717) is 18.1 Å². The third-order valence-corrected chi connectivity index (χ3v) is 3.55. The van der Waals surface area contributed by atoms with Crippen LogP contribution in [0.25, 0.3) is 0 Å². The third kappa shape index (κ3) is 5.21. The average Bonchev–Trinajstić information content (AvgIpc) is 2.48. The fraction of sp³-hybridized carbons (Fsp3) is 0.529. The second kappa shape index (κ2) is 8.45. The monoisotopic (exact) mass is 292 g/mol. The summed E-state index contributed by atoms with van der Waals surface area (Å²) in [5.74, 6) is 0.407. The molecule has 0 amide bonds. The van der Waals surface area contributed by atoms with Gasteiger partial charge in [-0.15, -0.1) is 0 Å². The van der Waals surface area contributed by atoms with Crippen molar-refractivity contribution < 1.29 is 19.1 Å². The van der Waals surface area contributed by atoms with Crippen LogP contribution in [0.3, 0.4) is 0 Å². The zero-order valence-electron chi connectivity index (χ0n) is 13.2. The molecular weight excluding hydrogens is 268 g/mol. The van der Waals surface area contributed by atoms with Crippen LogP contribution in [-0.2, 0) is 14.3 Å². The number of benzene rings is 1. The molecule has 0 aliphatic rings. The first-order valence-electron chi connectivity index (χ1n) is 7.30. The number of carbonyl (C=O) groups is 2. The molecule has 0 aromatic heterocycles. The number of methoxy groups -OCH3 is 1. The lowest BCUT2D eigenvalue weighted by molar-refractivity contribution is -0.143. The Morgan fingerprint density at radius 1 is 1.24 bits per heavy atom. The van der Waals surface area contributed by atoms with Crippen LogP contribution in [0.5, 0.6) is 5.75 Å². The highest BCUT2D eigenvalue weighted by Gasteiger charge is 2.25. The average molecular weight is 292 g/mol. The molecule has 1 aromatic carbocycles. The van der Waals surface area contributed by atoms with E-state index in [9.17, 15) is 9.59 Å². The first kappa shape index (κ1) is 17.2. The lowest BCUT2D eigenvalue weighted by atomic mass is 9.98. The number of hydrogen-bond acceptors (Lipinski definition) is 4. The first-order valence-corrected chi connectivity index (χ1v) is 7.30. The number of hydrogen-bond donors (Lipinski definition) is 0. The summed E-state index contributed by atoms with van der Waals surface area (Å²) in [6, 6.07) is 7.74. The normalized spacial score (nSPS) is 13.6. The Hall–Kier alpha value is -1.84. The maximum Gasteiger partial charge on any atom is 0.309 e. The van der Waals surface area contributed by atoms with Crippen LogP contribution in [-0.4, -0.2) is 25.5 Å². The van der Waals surface area contributed by atoms with E-state index >= 15 is 0 Å². The van der Waals surface area contributed by atoms with Crippen molar-refractivity contribution in [1.82, 2.24) is 0 Å². The molecule has 4 nitrogen and oxygen atoms in total. The fourth-order valence-electron chi connectivity index (χ4n) is 2.08. The van der Waals surface area contributed by atoms with Gasteiger partial charge in [-0.1, -0.05) is 32.9 Å². The Bertz CT molecular complexity index is 450. The van der Waals surface area contributed by atoms with Gasteiger partial charge in [0, 0.05) is 0 Å². The van der Waals surface area contributed by atoms with Crippen LogP contribution >= 0.6 is 0 Å². The highest BCUT2D eigenvalue weighted by molar-refractivity contribution is 5.71. The zero-order valence-corrected chi connectivity index (χ0v) is 13.2. The molecule has 0 spiro atoms. The molecule has 0 aliphatic heterocycles. The van der Waals surface area contributed by atoms with E-state index in [1.54, 1.807) is 0 Å². The van der Waals surface area contributed by atoms with Crippen LogP contribution in [0.2, 0.25) is 0 Å². The van der Waals surface area contributed by atoms with Crippen molar-refractivity contribution in [3.63, 3.8) is 0 Å². The van der Waals surface area contributed by atoms with Gasteiger partial charge >= 0.3 is 5.97 Å². The van der Waals surface area contributed by atoms with E-state index in [-0.39, 0.29) is 18.3 Å². The van der Waals surface area contributed by atoms with Gasteiger partial charge in [0.25, 0.3) is 0 Å². The summed E-state index contributed by atoms with van der Waals surface area (Å²) in [6.07, 6.45) is 1.04. The molecule has 0 N–H and O–H groups in total. The third-order valence-electron chi connectivity index (χ3n) is 3.55. The predicted octanol–water partition coefficient (Wildman–Crippen LogP) is 3.35. The molecule has 0 unspecified atom stereocenters. The lowest BCUT2D eigenvalue weighted by Crippen LogP contribution is -2.31. The van der Waals surface area contributed by atoms with E-state index in [2.05, 4.69) is 18.6 Å². The second-order valence-electron chi connectivity index (χ2n) is 5.37. The number of esters is 1. The Labute approximate surface area is 126 Å². The van der Waals surface area contributed by atoms with Gasteiger partial charge in [-0.25, -0.2) is 0 Å². The minimum atomic E-state index is -0.496. The van der Waals surface area contributed by atoms with Gasteiger partial charge in [0.15, 0.2) is 0 Å². The molecular formula is C17H24O4. The Kier molecular flexibility index (Phi) is 6.92. The lowest BCUT2D eigenvalue weighted by Gasteiger charge is -2.22. The van der Waals surface area contributed by atoms with Crippen molar-refractivity contribution in [2.45, 2.75) is 45.6 Å². The minimum absolute atomic E-state index is 0.0691. The Balaban J connectivity index is 2.83. The van der Waals surface area contributed by atoms with Gasteiger partial charge in [0.1, 0.15) is 18.1 Å². The van der Waals surface area contributed by atoms with Crippen molar-refractivity contribution >= 4 is 12.3 Å². The van der Waals surface area contributed by atoms with Gasteiger partial charge in [-0.3, -0.25) is 4.79 Å². The standard InChI is InChI=1S/C17H24O4/c1-5-13(11-18)16(10-17(19)20-4)21-15-8-6-14(7-9-15)12(2)3/h6-9,11-13,16H,5,10H2,1-4H3/t13-,16-/m1/s1. The summed E-state index contributed by atoms with van der Waals surface area (Å²) in [6.45, 7) is 6.14. The van der Waals surface area contributed by atoms with Gasteiger partial charge < -0.3 is 14.3 Å². The molecule has 0 heterocycles. The summed E-state index contributed by atoms with van der Waals surface area (Å²) in [5.41, 5.74) is 1.22. The molecule has 0 fully saturated rings. The molecule has 0 bridgehead atoms. The number of carbonyl (C=O) groups excluding carboxylic acids is 2. The van der Waals surface area contributed by atoms with Gasteiger partial charge in [0.05, 0.1) is 19.4 Å². The Morgan fingerprint density at radius 3 is 2.29 bits per heavy atom. The maximum atomic E-state index is 11.5. The largest absolute Gasteiger partial charge is 0.489 e. The highest BCUT2D eigenvalue weighted by Crippen LogP contribution is 2.23. The van der Waals surface area contributed by atoms with E-state index < -0.39 is 6.10 Å². The molecule has 0 saturated heterocycles. The quantitative estimate of drug-likeness (QED) is 0.544. The van der Waals surface area contributed by atoms with Crippen LogP contribution in [0.15, 0.2) is 24.3 Å². The van der Waals surface area contributed by atoms with Crippen molar-refractivity contribution in [3.05, 3.63) is 29.8 Å². The summed E-state index contributed by atoms with van der Waals surface area (Å²) in [7, 11) is 1.33. The van der Waals surface area contributed by atoms with E-state index in [1.165, 1.54) is 12.7 Å². The summed E-state index contributed by atoms with van der Waals surface area (Å²) in [4.78, 5) is 22.6. The predicted molar refractivity (Wildman–Crippen MR) is 81.4 cm³/mol. The van der Waals surface area contributed by atoms with Crippen LogP contribution in [0.4, 0.5) is 0 Å². The topological polar surface area (TPSA) is 52.6 Å². The first-order chi connectivity index (χ1) is 10.0. The molecule has 21 heavy (non-hydrogen) atoms. The Morgan fingerprint density at radius 2 is 1.86 bits per heavy atom.